The fourth-order valence-electron chi connectivity index (χ4n) is 3.11. The third-order valence-corrected chi connectivity index (χ3v) is 5.96. The van der Waals surface area contributed by atoms with Gasteiger partial charge in [-0.05, 0) is 25.0 Å². The van der Waals surface area contributed by atoms with Crippen molar-refractivity contribution in [3.63, 3.8) is 0 Å². The summed E-state index contributed by atoms with van der Waals surface area (Å²) < 4.78 is 5.06. The Hall–Kier alpha value is -1.08. The summed E-state index contributed by atoms with van der Waals surface area (Å²) in [6, 6.07) is 7.99. The van der Waals surface area contributed by atoms with Crippen LogP contribution >= 0.6 is 11.8 Å². The Morgan fingerprint density at radius 1 is 1.35 bits per heavy atom. The predicted octanol–water partition coefficient (Wildman–Crippen LogP) is 2.09. The van der Waals surface area contributed by atoms with Gasteiger partial charge in [-0.1, -0.05) is 24.3 Å². The number of benzene rings is 1. The number of morpholine rings is 1. The van der Waals surface area contributed by atoms with Crippen molar-refractivity contribution in [3.05, 3.63) is 35.4 Å². The number of nitrogens with zero attached hydrogens (tertiary/aromatic N) is 1. The zero-order chi connectivity index (χ0) is 16.4. The zero-order valence-corrected chi connectivity index (χ0v) is 14.4. The van der Waals surface area contributed by atoms with Crippen molar-refractivity contribution in [2.75, 3.05) is 26.3 Å². The van der Waals surface area contributed by atoms with E-state index in [2.05, 4.69) is 34.5 Å². The molecule has 2 atom stereocenters. The number of aliphatic carboxylic acids is 1. The van der Waals surface area contributed by atoms with Gasteiger partial charge >= 0.3 is 5.97 Å². The summed E-state index contributed by atoms with van der Waals surface area (Å²) in [6.07, 6.45) is 0. The summed E-state index contributed by atoms with van der Waals surface area (Å²) in [5, 5.41) is 12.6. The molecular formula is C17H24N2O3S. The molecule has 2 unspecified atom stereocenters. The molecule has 5 nitrogen and oxygen atoms in total. The number of carboxylic acid groups (broad SMARTS) is 1. The van der Waals surface area contributed by atoms with Gasteiger partial charge in [0.1, 0.15) is 6.04 Å². The van der Waals surface area contributed by atoms with Crippen molar-refractivity contribution in [1.29, 1.82) is 0 Å². The van der Waals surface area contributed by atoms with Crippen molar-refractivity contribution in [2.24, 2.45) is 0 Å². The number of carboxylic acids is 1. The van der Waals surface area contributed by atoms with Crippen LogP contribution in [0.5, 0.6) is 0 Å². The molecule has 2 aliphatic rings. The molecule has 0 spiro atoms. The van der Waals surface area contributed by atoms with E-state index < -0.39 is 12.0 Å². The van der Waals surface area contributed by atoms with Gasteiger partial charge in [0.15, 0.2) is 0 Å². The summed E-state index contributed by atoms with van der Waals surface area (Å²) in [7, 11) is 0. The summed E-state index contributed by atoms with van der Waals surface area (Å²) in [4.78, 5) is 13.8. The fraction of sp³-hybridized carbons (Fsp3) is 0.588. The van der Waals surface area contributed by atoms with Crippen LogP contribution < -0.4 is 5.32 Å². The molecule has 3 rings (SSSR count). The van der Waals surface area contributed by atoms with Crippen molar-refractivity contribution in [1.82, 2.24) is 10.2 Å². The maximum atomic E-state index is 11.4. The van der Waals surface area contributed by atoms with E-state index in [1.165, 1.54) is 5.56 Å². The molecule has 1 aromatic carbocycles. The van der Waals surface area contributed by atoms with Crippen LogP contribution in [0.1, 0.15) is 30.3 Å². The topological polar surface area (TPSA) is 61.8 Å². The maximum Gasteiger partial charge on any atom is 0.322 e. The molecular weight excluding hydrogens is 312 g/mol. The van der Waals surface area contributed by atoms with Crippen LogP contribution in [-0.2, 0) is 16.1 Å². The summed E-state index contributed by atoms with van der Waals surface area (Å²) in [6.45, 7) is 8.50. The largest absolute Gasteiger partial charge is 0.480 e. The first-order valence-corrected chi connectivity index (χ1v) is 8.89. The van der Waals surface area contributed by atoms with Crippen LogP contribution in [0.15, 0.2) is 24.3 Å². The van der Waals surface area contributed by atoms with E-state index in [1.54, 1.807) is 11.8 Å². The highest BCUT2D eigenvalue weighted by molar-refractivity contribution is 8.01. The maximum absolute atomic E-state index is 11.4. The number of hydrogen-bond acceptors (Lipinski definition) is 5. The van der Waals surface area contributed by atoms with Crippen LogP contribution in [0.3, 0.4) is 0 Å². The summed E-state index contributed by atoms with van der Waals surface area (Å²) in [5.41, 5.74) is 2.42. The molecule has 2 N–H and O–H groups in total. The van der Waals surface area contributed by atoms with Crippen LogP contribution in [0, 0.1) is 0 Å². The molecule has 0 bridgehead atoms. The molecule has 2 aliphatic heterocycles. The van der Waals surface area contributed by atoms with Gasteiger partial charge in [-0.15, -0.1) is 11.8 Å². The van der Waals surface area contributed by atoms with E-state index in [1.807, 2.05) is 13.8 Å². The van der Waals surface area contributed by atoms with Gasteiger partial charge in [0, 0.05) is 24.4 Å². The summed E-state index contributed by atoms with van der Waals surface area (Å²) >= 11 is 1.68. The molecule has 6 heteroatoms. The first-order chi connectivity index (χ1) is 11.0. The van der Waals surface area contributed by atoms with Crippen LogP contribution in [0.2, 0.25) is 0 Å². The van der Waals surface area contributed by atoms with Crippen molar-refractivity contribution in [3.8, 4) is 0 Å². The van der Waals surface area contributed by atoms with Gasteiger partial charge in [0.25, 0.3) is 0 Å². The van der Waals surface area contributed by atoms with E-state index in [9.17, 15) is 9.90 Å². The normalized spacial score (nSPS) is 27.9. The monoisotopic (exact) mass is 336 g/mol. The van der Waals surface area contributed by atoms with Gasteiger partial charge < -0.3 is 9.84 Å². The second-order valence-corrected chi connectivity index (χ2v) is 8.43. The Balaban J connectivity index is 1.64. The summed E-state index contributed by atoms with van der Waals surface area (Å²) in [5.74, 6) is -0.783. The second-order valence-electron chi connectivity index (χ2n) is 6.67. The van der Waals surface area contributed by atoms with E-state index in [0.29, 0.717) is 0 Å². The average molecular weight is 336 g/mol. The lowest BCUT2D eigenvalue weighted by molar-refractivity contribution is -0.139. The lowest BCUT2D eigenvalue weighted by Gasteiger charge is -2.26. The average Bonchev–Trinajstić information content (AvgIpc) is 2.85. The minimum atomic E-state index is -0.783. The number of nitrogens with one attached hydrogen (secondary N) is 1. The highest BCUT2D eigenvalue weighted by Gasteiger charge is 2.45. The van der Waals surface area contributed by atoms with E-state index >= 15 is 0 Å². The number of ether oxygens (including phenoxy) is 1. The molecule has 2 heterocycles. The smallest absolute Gasteiger partial charge is 0.322 e. The number of carbonyl (C=O) groups is 1. The molecule has 23 heavy (non-hydrogen) atoms. The molecule has 0 saturated carbocycles. The van der Waals surface area contributed by atoms with Gasteiger partial charge in [0.2, 0.25) is 0 Å². The molecule has 2 fully saturated rings. The first kappa shape index (κ1) is 16.8. The zero-order valence-electron chi connectivity index (χ0n) is 13.6. The van der Waals surface area contributed by atoms with Gasteiger partial charge in [-0.2, -0.15) is 0 Å². The lowest BCUT2D eigenvalue weighted by Crippen LogP contribution is -2.43. The molecule has 0 aromatic heterocycles. The van der Waals surface area contributed by atoms with Crippen LogP contribution in [0.25, 0.3) is 0 Å². The molecule has 0 radical (unpaired) electrons. The standard InChI is InChI=1S/C17H24N2O3S/c1-17(2)14(16(20)21)18-15(23-17)13-5-3-12(4-6-13)11-19-7-9-22-10-8-19/h3-6,14-15,18H,7-11H2,1-2H3,(H,20,21). The number of thioether (sulfide) groups is 1. The van der Waals surface area contributed by atoms with Crippen LogP contribution in [-0.4, -0.2) is 53.1 Å². The minimum Gasteiger partial charge on any atom is -0.480 e. The van der Waals surface area contributed by atoms with Crippen molar-refractivity contribution in [2.45, 2.75) is 36.6 Å². The lowest BCUT2D eigenvalue weighted by atomic mass is 10.0. The quantitative estimate of drug-likeness (QED) is 0.878. The third kappa shape index (κ3) is 3.88. The predicted molar refractivity (Wildman–Crippen MR) is 91.5 cm³/mol. The Morgan fingerprint density at radius 2 is 2.00 bits per heavy atom. The van der Waals surface area contributed by atoms with Crippen molar-refractivity contribution < 1.29 is 14.6 Å². The van der Waals surface area contributed by atoms with E-state index in [-0.39, 0.29) is 10.1 Å². The van der Waals surface area contributed by atoms with E-state index in [4.69, 9.17) is 4.74 Å². The molecule has 0 aliphatic carbocycles. The van der Waals surface area contributed by atoms with Crippen LogP contribution in [0.4, 0.5) is 0 Å². The molecule has 2 saturated heterocycles. The minimum absolute atomic E-state index is 0.0311. The van der Waals surface area contributed by atoms with Gasteiger partial charge in [0.05, 0.1) is 18.6 Å². The van der Waals surface area contributed by atoms with Crippen molar-refractivity contribution >= 4 is 17.7 Å². The highest BCUT2D eigenvalue weighted by Crippen LogP contribution is 2.45. The van der Waals surface area contributed by atoms with Gasteiger partial charge in [-0.25, -0.2) is 0 Å². The Morgan fingerprint density at radius 3 is 2.57 bits per heavy atom. The Labute approximate surface area is 141 Å². The fourth-order valence-corrected chi connectivity index (χ4v) is 4.52. The highest BCUT2D eigenvalue weighted by atomic mass is 32.2. The SMILES string of the molecule is CC1(C)SC(c2ccc(CN3CCOCC3)cc2)NC1C(=O)O. The van der Waals surface area contributed by atoms with E-state index in [0.717, 1.165) is 38.4 Å². The Kier molecular flexibility index (Phi) is 4.96. The first-order valence-electron chi connectivity index (χ1n) is 8.01. The van der Waals surface area contributed by atoms with Gasteiger partial charge in [-0.3, -0.25) is 15.0 Å². The second kappa shape index (κ2) is 6.81. The molecule has 0 amide bonds. The molecule has 1 aromatic rings. The Bertz CT molecular complexity index is 555. The molecule has 126 valence electrons. The number of rotatable bonds is 4. The number of hydrogen-bond donors (Lipinski definition) is 2. The third-order valence-electron chi connectivity index (χ3n) is 4.47.